The molecule has 176 valence electrons. The molecule has 3 heterocycles. The van der Waals surface area contributed by atoms with Crippen molar-refractivity contribution in [1.82, 2.24) is 14.5 Å². The Morgan fingerprint density at radius 1 is 0.971 bits per heavy atom. The zero-order chi connectivity index (χ0) is 24.0. The summed E-state index contributed by atoms with van der Waals surface area (Å²) in [5, 5.41) is 10.5. The van der Waals surface area contributed by atoms with Crippen LogP contribution in [0.2, 0.25) is 5.02 Å². The van der Waals surface area contributed by atoms with E-state index in [2.05, 4.69) is 14.9 Å². The lowest BCUT2D eigenvalue weighted by Gasteiger charge is -2.37. The maximum atomic E-state index is 15.9. The molecule has 0 radical (unpaired) electrons. The van der Waals surface area contributed by atoms with E-state index in [0.29, 0.717) is 48.3 Å². The van der Waals surface area contributed by atoms with Crippen molar-refractivity contribution in [3.63, 3.8) is 0 Å². The number of hydrogen-bond acceptors (Lipinski definition) is 5. The summed E-state index contributed by atoms with van der Waals surface area (Å²) < 4.78 is 17.7. The number of imidazole rings is 1. The van der Waals surface area contributed by atoms with E-state index in [1.165, 1.54) is 0 Å². The van der Waals surface area contributed by atoms with Crippen molar-refractivity contribution in [1.29, 1.82) is 0 Å². The predicted molar refractivity (Wildman–Crippen MR) is 135 cm³/mol. The fourth-order valence-corrected chi connectivity index (χ4v) is 4.70. The normalized spacial score (nSPS) is 14.8. The summed E-state index contributed by atoms with van der Waals surface area (Å²) in [5.74, 6) is 1.01. The molecular weight excluding hydrogens is 453 g/mol. The standard InChI is InChI=1S/C26H27ClFN5O/c1-26(2,34)17-8-11-22(29-16-17)33-14-12-32(13-15-33)21-10-9-18(27)23(24(21)28)25-30-19-6-4-5-7-20(19)31(25)3/h4-11,16,34H,12-15H2,1-3H3. The number of para-hydroxylation sites is 2. The first kappa shape index (κ1) is 22.6. The molecule has 2 aromatic carbocycles. The van der Waals surface area contributed by atoms with Gasteiger partial charge in [0.15, 0.2) is 5.82 Å². The van der Waals surface area contributed by atoms with E-state index in [-0.39, 0.29) is 5.82 Å². The molecule has 0 bridgehead atoms. The van der Waals surface area contributed by atoms with Gasteiger partial charge < -0.3 is 19.5 Å². The maximum absolute atomic E-state index is 15.9. The van der Waals surface area contributed by atoms with Crippen LogP contribution in [0.3, 0.4) is 0 Å². The molecule has 0 unspecified atom stereocenters. The van der Waals surface area contributed by atoms with Crippen molar-refractivity contribution in [3.05, 3.63) is 71.1 Å². The van der Waals surface area contributed by atoms with Gasteiger partial charge in [-0.2, -0.15) is 0 Å². The third kappa shape index (κ3) is 3.99. The highest BCUT2D eigenvalue weighted by Gasteiger charge is 2.25. The molecule has 1 aliphatic heterocycles. The van der Waals surface area contributed by atoms with Gasteiger partial charge in [-0.25, -0.2) is 14.4 Å². The largest absolute Gasteiger partial charge is 0.386 e. The van der Waals surface area contributed by atoms with Crippen molar-refractivity contribution in [2.75, 3.05) is 36.0 Å². The zero-order valence-electron chi connectivity index (χ0n) is 19.5. The van der Waals surface area contributed by atoms with Gasteiger partial charge >= 0.3 is 0 Å². The number of aryl methyl sites for hydroxylation is 1. The van der Waals surface area contributed by atoms with Gasteiger partial charge in [-0.15, -0.1) is 0 Å². The number of rotatable bonds is 4. The topological polar surface area (TPSA) is 57.4 Å². The summed E-state index contributed by atoms with van der Waals surface area (Å²) in [6.45, 7) is 6.19. The first-order chi connectivity index (χ1) is 16.2. The van der Waals surface area contributed by atoms with Crippen LogP contribution in [0.4, 0.5) is 15.9 Å². The number of aromatic nitrogens is 3. The molecule has 34 heavy (non-hydrogen) atoms. The minimum Gasteiger partial charge on any atom is -0.386 e. The Hall–Kier alpha value is -3.16. The Kier molecular flexibility index (Phi) is 5.70. The van der Waals surface area contributed by atoms with Gasteiger partial charge in [0.25, 0.3) is 0 Å². The third-order valence-corrected chi connectivity index (χ3v) is 6.80. The minimum atomic E-state index is -0.924. The van der Waals surface area contributed by atoms with Gasteiger partial charge in [-0.1, -0.05) is 29.8 Å². The molecule has 1 fully saturated rings. The van der Waals surface area contributed by atoms with E-state index in [4.69, 9.17) is 11.6 Å². The molecule has 4 aromatic rings. The van der Waals surface area contributed by atoms with Crippen LogP contribution in [0.1, 0.15) is 19.4 Å². The molecule has 0 atom stereocenters. The van der Waals surface area contributed by atoms with Crippen LogP contribution in [0.25, 0.3) is 22.4 Å². The Morgan fingerprint density at radius 2 is 1.68 bits per heavy atom. The van der Waals surface area contributed by atoms with Crippen molar-refractivity contribution in [2.24, 2.45) is 7.05 Å². The lowest BCUT2D eigenvalue weighted by atomic mass is 10.0. The number of piperazine rings is 1. The number of aliphatic hydroxyl groups is 1. The maximum Gasteiger partial charge on any atom is 0.158 e. The highest BCUT2D eigenvalue weighted by molar-refractivity contribution is 6.33. The second-order valence-corrected chi connectivity index (χ2v) is 9.58. The Morgan fingerprint density at radius 3 is 2.32 bits per heavy atom. The second-order valence-electron chi connectivity index (χ2n) is 9.18. The van der Waals surface area contributed by atoms with Crippen molar-refractivity contribution < 1.29 is 9.50 Å². The van der Waals surface area contributed by atoms with Crippen LogP contribution in [-0.2, 0) is 12.6 Å². The number of fused-ring (bicyclic) bond motifs is 1. The minimum absolute atomic E-state index is 0.323. The molecule has 5 rings (SSSR count). The van der Waals surface area contributed by atoms with Gasteiger partial charge in [0, 0.05) is 45.0 Å². The quantitative estimate of drug-likeness (QED) is 0.447. The summed E-state index contributed by atoms with van der Waals surface area (Å²) in [4.78, 5) is 13.4. The Labute approximate surface area is 203 Å². The van der Waals surface area contributed by atoms with Gasteiger partial charge in [-0.05, 0) is 44.2 Å². The number of nitrogens with zero attached hydrogens (tertiary/aromatic N) is 5. The average molecular weight is 480 g/mol. The first-order valence-electron chi connectivity index (χ1n) is 11.3. The number of halogens is 2. The Bertz CT molecular complexity index is 1340. The molecule has 0 saturated carbocycles. The molecule has 1 saturated heterocycles. The molecule has 6 nitrogen and oxygen atoms in total. The highest BCUT2D eigenvalue weighted by Crippen LogP contribution is 2.37. The molecule has 1 N–H and O–H groups in total. The van der Waals surface area contributed by atoms with Crippen LogP contribution in [0.5, 0.6) is 0 Å². The highest BCUT2D eigenvalue weighted by atomic mass is 35.5. The van der Waals surface area contributed by atoms with E-state index in [1.807, 2.05) is 52.9 Å². The molecule has 8 heteroatoms. The molecular formula is C26H27ClFN5O. The summed E-state index contributed by atoms with van der Waals surface area (Å²) in [6.07, 6.45) is 1.71. The summed E-state index contributed by atoms with van der Waals surface area (Å²) in [6, 6.07) is 15.0. The smallest absolute Gasteiger partial charge is 0.158 e. The van der Waals surface area contributed by atoms with E-state index in [0.717, 1.165) is 22.4 Å². The van der Waals surface area contributed by atoms with Gasteiger partial charge in [-0.3, -0.25) is 0 Å². The van der Waals surface area contributed by atoms with Crippen LogP contribution in [0.15, 0.2) is 54.7 Å². The summed E-state index contributed by atoms with van der Waals surface area (Å²) in [5.41, 5.74) is 2.42. The number of pyridine rings is 1. The van der Waals surface area contributed by atoms with Crippen molar-refractivity contribution in [2.45, 2.75) is 19.4 Å². The number of hydrogen-bond donors (Lipinski definition) is 1. The first-order valence-corrected chi connectivity index (χ1v) is 11.7. The van der Waals surface area contributed by atoms with Gasteiger partial charge in [0.2, 0.25) is 0 Å². The van der Waals surface area contributed by atoms with Gasteiger partial charge in [0.1, 0.15) is 11.6 Å². The molecule has 0 amide bonds. The third-order valence-electron chi connectivity index (χ3n) is 6.48. The van der Waals surface area contributed by atoms with Crippen molar-refractivity contribution >= 4 is 34.1 Å². The summed E-state index contributed by atoms with van der Waals surface area (Å²) >= 11 is 6.48. The van der Waals surface area contributed by atoms with Crippen LogP contribution >= 0.6 is 11.6 Å². The Balaban J connectivity index is 1.39. The fraction of sp³-hybridized carbons (Fsp3) is 0.308. The van der Waals surface area contributed by atoms with E-state index >= 15 is 4.39 Å². The summed E-state index contributed by atoms with van der Waals surface area (Å²) in [7, 11) is 1.88. The van der Waals surface area contributed by atoms with E-state index in [9.17, 15) is 5.11 Å². The lowest BCUT2D eigenvalue weighted by molar-refractivity contribution is 0.0782. The molecule has 1 aliphatic rings. The number of benzene rings is 2. The lowest BCUT2D eigenvalue weighted by Crippen LogP contribution is -2.47. The second kappa shape index (κ2) is 8.56. The SMILES string of the molecule is Cn1c(-c2c(Cl)ccc(N3CCN(c4ccc(C(C)(C)O)cn4)CC3)c2F)nc2ccccc21. The zero-order valence-corrected chi connectivity index (χ0v) is 20.2. The average Bonchev–Trinajstić information content (AvgIpc) is 3.15. The van der Waals surface area contributed by atoms with Crippen LogP contribution in [-0.4, -0.2) is 45.8 Å². The molecule has 2 aromatic heterocycles. The van der Waals surface area contributed by atoms with Crippen molar-refractivity contribution in [3.8, 4) is 11.4 Å². The molecule has 0 spiro atoms. The van der Waals surface area contributed by atoms with Gasteiger partial charge in [0.05, 0.1) is 32.9 Å². The fourth-order valence-electron chi connectivity index (χ4n) is 4.47. The van der Waals surface area contributed by atoms with Crippen LogP contribution in [0, 0.1) is 5.82 Å². The van der Waals surface area contributed by atoms with E-state index < -0.39 is 5.60 Å². The van der Waals surface area contributed by atoms with Crippen LogP contribution < -0.4 is 9.80 Å². The predicted octanol–water partition coefficient (Wildman–Crippen LogP) is 4.98. The van der Waals surface area contributed by atoms with E-state index in [1.54, 1.807) is 32.2 Å². The monoisotopic (exact) mass is 479 g/mol. The molecule has 0 aliphatic carbocycles. The number of anilines is 2.